The van der Waals surface area contributed by atoms with Crippen molar-refractivity contribution in [2.75, 3.05) is 7.05 Å². The standard InChI is InChI=1S/C21H21N3O3S/c1-24(16-17-8-3-2-4-9-17)28(26,27)20-12-7-10-18(14-20)21(25)23-15-19-11-5-6-13-22-19/h2-14H,15-16H2,1H3,(H,23,25). The first-order chi connectivity index (χ1) is 13.5. The Labute approximate surface area is 164 Å². The fraction of sp³-hybridized carbons (Fsp3) is 0.143. The normalized spacial score (nSPS) is 11.4. The lowest BCUT2D eigenvalue weighted by Gasteiger charge is -2.17. The maximum atomic E-state index is 12.9. The summed E-state index contributed by atoms with van der Waals surface area (Å²) in [7, 11) is -2.20. The number of rotatable bonds is 7. The van der Waals surface area contributed by atoms with E-state index in [0.717, 1.165) is 11.3 Å². The van der Waals surface area contributed by atoms with E-state index in [1.807, 2.05) is 36.4 Å². The summed E-state index contributed by atoms with van der Waals surface area (Å²) in [5.74, 6) is -0.353. The Morgan fingerprint density at radius 2 is 1.75 bits per heavy atom. The van der Waals surface area contributed by atoms with Crippen molar-refractivity contribution in [3.8, 4) is 0 Å². The second kappa shape index (κ2) is 8.77. The molecule has 28 heavy (non-hydrogen) atoms. The van der Waals surface area contributed by atoms with Crippen LogP contribution in [0, 0.1) is 0 Å². The van der Waals surface area contributed by atoms with E-state index >= 15 is 0 Å². The first-order valence-electron chi connectivity index (χ1n) is 8.75. The molecule has 2 aromatic carbocycles. The molecule has 3 aromatic rings. The lowest BCUT2D eigenvalue weighted by molar-refractivity contribution is 0.0950. The van der Waals surface area contributed by atoms with Crippen LogP contribution in [0.15, 0.2) is 83.9 Å². The number of carbonyl (C=O) groups excluding carboxylic acids is 1. The number of sulfonamides is 1. The van der Waals surface area contributed by atoms with Crippen LogP contribution in [-0.4, -0.2) is 30.7 Å². The number of pyridine rings is 1. The van der Waals surface area contributed by atoms with Crippen molar-refractivity contribution < 1.29 is 13.2 Å². The zero-order valence-electron chi connectivity index (χ0n) is 15.4. The van der Waals surface area contributed by atoms with Crippen LogP contribution in [0.25, 0.3) is 0 Å². The number of carbonyl (C=O) groups is 1. The molecular weight excluding hydrogens is 374 g/mol. The molecule has 6 nitrogen and oxygen atoms in total. The Morgan fingerprint density at radius 1 is 1.00 bits per heavy atom. The van der Waals surface area contributed by atoms with Gasteiger partial charge >= 0.3 is 0 Å². The van der Waals surface area contributed by atoms with Crippen LogP contribution in [0.3, 0.4) is 0 Å². The van der Waals surface area contributed by atoms with Gasteiger partial charge in [-0.05, 0) is 35.9 Å². The van der Waals surface area contributed by atoms with E-state index in [1.165, 1.54) is 23.5 Å². The van der Waals surface area contributed by atoms with Crippen molar-refractivity contribution in [2.24, 2.45) is 0 Å². The quantitative estimate of drug-likeness (QED) is 0.667. The fourth-order valence-corrected chi connectivity index (χ4v) is 3.88. The first-order valence-corrected chi connectivity index (χ1v) is 10.2. The molecule has 7 heteroatoms. The van der Waals surface area contributed by atoms with E-state index < -0.39 is 10.0 Å². The van der Waals surface area contributed by atoms with Crippen LogP contribution in [0.2, 0.25) is 0 Å². The van der Waals surface area contributed by atoms with Crippen LogP contribution in [0.5, 0.6) is 0 Å². The summed E-state index contributed by atoms with van der Waals surface area (Å²) in [5, 5.41) is 2.75. The highest BCUT2D eigenvalue weighted by Gasteiger charge is 2.22. The number of amides is 1. The van der Waals surface area contributed by atoms with Crippen molar-refractivity contribution in [3.05, 3.63) is 95.8 Å². The molecular formula is C21H21N3O3S. The molecule has 3 rings (SSSR count). The van der Waals surface area contributed by atoms with Crippen LogP contribution in [0.4, 0.5) is 0 Å². The average molecular weight is 395 g/mol. The summed E-state index contributed by atoms with van der Waals surface area (Å²) in [6.07, 6.45) is 1.65. The number of hydrogen-bond acceptors (Lipinski definition) is 4. The second-order valence-corrected chi connectivity index (χ2v) is 8.32. The average Bonchev–Trinajstić information content (AvgIpc) is 2.73. The molecule has 0 fully saturated rings. The third-order valence-electron chi connectivity index (χ3n) is 4.21. The molecule has 0 saturated heterocycles. The number of nitrogens with zero attached hydrogens (tertiary/aromatic N) is 2. The zero-order valence-corrected chi connectivity index (χ0v) is 16.3. The molecule has 0 aliphatic heterocycles. The molecule has 1 amide bonds. The highest BCUT2D eigenvalue weighted by atomic mass is 32.2. The maximum absolute atomic E-state index is 12.9. The SMILES string of the molecule is CN(Cc1ccccc1)S(=O)(=O)c1cccc(C(=O)NCc2ccccn2)c1. The van der Waals surface area contributed by atoms with E-state index in [2.05, 4.69) is 10.3 Å². The highest BCUT2D eigenvalue weighted by molar-refractivity contribution is 7.89. The van der Waals surface area contributed by atoms with Gasteiger partial charge in [-0.25, -0.2) is 8.42 Å². The van der Waals surface area contributed by atoms with Crippen LogP contribution in [0.1, 0.15) is 21.6 Å². The van der Waals surface area contributed by atoms with Gasteiger partial charge in [-0.3, -0.25) is 9.78 Å². The summed E-state index contributed by atoms with van der Waals surface area (Å²) in [5.41, 5.74) is 1.89. The minimum atomic E-state index is -3.72. The summed E-state index contributed by atoms with van der Waals surface area (Å²) in [6.45, 7) is 0.518. The van der Waals surface area contributed by atoms with Crippen LogP contribution in [-0.2, 0) is 23.1 Å². The van der Waals surface area contributed by atoms with Gasteiger partial charge in [0.1, 0.15) is 0 Å². The van der Waals surface area contributed by atoms with Crippen molar-refractivity contribution in [3.63, 3.8) is 0 Å². The molecule has 0 unspecified atom stereocenters. The Morgan fingerprint density at radius 3 is 2.46 bits per heavy atom. The monoisotopic (exact) mass is 395 g/mol. The fourth-order valence-electron chi connectivity index (χ4n) is 2.68. The molecule has 144 valence electrons. The van der Waals surface area contributed by atoms with Gasteiger partial charge in [-0.2, -0.15) is 4.31 Å². The summed E-state index contributed by atoms with van der Waals surface area (Å²) in [4.78, 5) is 16.6. The van der Waals surface area contributed by atoms with Gasteiger partial charge < -0.3 is 5.32 Å². The maximum Gasteiger partial charge on any atom is 0.251 e. The Bertz CT molecular complexity index is 1040. The van der Waals surface area contributed by atoms with Crippen molar-refractivity contribution in [1.29, 1.82) is 0 Å². The topological polar surface area (TPSA) is 79.4 Å². The van der Waals surface area contributed by atoms with E-state index in [0.29, 0.717) is 0 Å². The summed E-state index contributed by atoms with van der Waals surface area (Å²) >= 11 is 0. The molecule has 0 radical (unpaired) electrons. The van der Waals surface area contributed by atoms with Crippen LogP contribution >= 0.6 is 0 Å². The number of nitrogens with one attached hydrogen (secondary N) is 1. The largest absolute Gasteiger partial charge is 0.346 e. The molecule has 0 atom stereocenters. The van der Waals surface area contributed by atoms with E-state index in [9.17, 15) is 13.2 Å². The Kier molecular flexibility index (Phi) is 6.18. The third-order valence-corrected chi connectivity index (χ3v) is 6.01. The molecule has 1 heterocycles. The number of aromatic nitrogens is 1. The van der Waals surface area contributed by atoms with Crippen molar-refractivity contribution in [2.45, 2.75) is 18.0 Å². The van der Waals surface area contributed by atoms with E-state index in [-0.39, 0.29) is 29.5 Å². The van der Waals surface area contributed by atoms with Gasteiger partial charge in [0.15, 0.2) is 0 Å². The molecule has 0 saturated carbocycles. The minimum Gasteiger partial charge on any atom is -0.346 e. The second-order valence-electron chi connectivity index (χ2n) is 6.28. The Balaban J connectivity index is 1.73. The van der Waals surface area contributed by atoms with Crippen molar-refractivity contribution in [1.82, 2.24) is 14.6 Å². The molecule has 1 aromatic heterocycles. The molecule has 0 spiro atoms. The predicted octanol–water partition coefficient (Wildman–Crippen LogP) is 2.83. The van der Waals surface area contributed by atoms with E-state index in [1.54, 1.807) is 30.5 Å². The third kappa shape index (κ3) is 4.82. The predicted molar refractivity (Wildman–Crippen MR) is 107 cm³/mol. The smallest absolute Gasteiger partial charge is 0.251 e. The highest BCUT2D eigenvalue weighted by Crippen LogP contribution is 2.18. The molecule has 0 aliphatic carbocycles. The van der Waals surface area contributed by atoms with Gasteiger partial charge in [0.05, 0.1) is 17.1 Å². The van der Waals surface area contributed by atoms with Gasteiger partial charge in [0.2, 0.25) is 10.0 Å². The molecule has 1 N–H and O–H groups in total. The van der Waals surface area contributed by atoms with Gasteiger partial charge in [0.25, 0.3) is 5.91 Å². The summed E-state index contributed by atoms with van der Waals surface area (Å²) < 4.78 is 27.0. The first kappa shape index (κ1) is 19.7. The van der Waals surface area contributed by atoms with Gasteiger partial charge in [0, 0.05) is 25.4 Å². The lowest BCUT2D eigenvalue weighted by atomic mass is 10.2. The van der Waals surface area contributed by atoms with Gasteiger partial charge in [-0.1, -0.05) is 42.5 Å². The number of benzene rings is 2. The summed E-state index contributed by atoms with van der Waals surface area (Å²) in [6, 6.07) is 20.8. The molecule has 0 aliphatic rings. The Hall–Kier alpha value is -3.03. The molecule has 0 bridgehead atoms. The van der Waals surface area contributed by atoms with Crippen LogP contribution < -0.4 is 5.32 Å². The van der Waals surface area contributed by atoms with Crippen molar-refractivity contribution >= 4 is 15.9 Å². The number of hydrogen-bond donors (Lipinski definition) is 1. The van der Waals surface area contributed by atoms with Gasteiger partial charge in [-0.15, -0.1) is 0 Å². The lowest BCUT2D eigenvalue weighted by Crippen LogP contribution is -2.27. The zero-order chi connectivity index (χ0) is 20.0. The minimum absolute atomic E-state index is 0.0800. The van der Waals surface area contributed by atoms with E-state index in [4.69, 9.17) is 0 Å².